The molecule has 1 amide bonds. The quantitative estimate of drug-likeness (QED) is 0.900. The molecule has 1 aliphatic rings. The van der Waals surface area contributed by atoms with Gasteiger partial charge in [0, 0.05) is 12.0 Å². The van der Waals surface area contributed by atoms with E-state index in [0.717, 1.165) is 24.2 Å². The molecule has 2 heterocycles. The fourth-order valence-corrected chi connectivity index (χ4v) is 2.74. The molecule has 0 radical (unpaired) electrons. The molecule has 0 aromatic carbocycles. The van der Waals surface area contributed by atoms with Crippen LogP contribution in [0.15, 0.2) is 39.6 Å². The molecule has 0 saturated heterocycles. The van der Waals surface area contributed by atoms with Crippen molar-refractivity contribution in [2.75, 3.05) is 0 Å². The largest absolute Gasteiger partial charge is 0.469 e. The van der Waals surface area contributed by atoms with E-state index in [9.17, 15) is 4.79 Å². The molecule has 1 N–H and O–H groups in total. The van der Waals surface area contributed by atoms with Crippen molar-refractivity contribution in [1.29, 1.82) is 0 Å². The first-order valence-electron chi connectivity index (χ1n) is 6.46. The predicted octanol–water partition coefficient (Wildman–Crippen LogP) is 3.32. The maximum Gasteiger partial charge on any atom is 0.287 e. The summed E-state index contributed by atoms with van der Waals surface area (Å²) in [5.74, 6) is 1.13. The van der Waals surface area contributed by atoms with Gasteiger partial charge in [-0.25, -0.2) is 0 Å². The van der Waals surface area contributed by atoms with Gasteiger partial charge < -0.3 is 14.2 Å². The molecule has 4 nitrogen and oxygen atoms in total. The van der Waals surface area contributed by atoms with Crippen LogP contribution in [0.1, 0.15) is 48.2 Å². The molecule has 0 fully saturated rings. The second-order valence-electron chi connectivity index (χ2n) is 5.85. The fourth-order valence-electron chi connectivity index (χ4n) is 2.74. The highest BCUT2D eigenvalue weighted by Gasteiger charge is 2.35. The lowest BCUT2D eigenvalue weighted by Gasteiger charge is -2.34. The molecular formula is C15H17NO3. The molecule has 2 aromatic rings. The van der Waals surface area contributed by atoms with Crippen molar-refractivity contribution < 1.29 is 13.6 Å². The minimum atomic E-state index is -0.181. The molecule has 0 aliphatic heterocycles. The third-order valence-corrected chi connectivity index (χ3v) is 3.60. The van der Waals surface area contributed by atoms with Crippen molar-refractivity contribution in [2.24, 2.45) is 5.41 Å². The number of hydrogen-bond acceptors (Lipinski definition) is 3. The summed E-state index contributed by atoms with van der Waals surface area (Å²) in [6.07, 6.45) is 5.00. The van der Waals surface area contributed by atoms with E-state index in [1.165, 1.54) is 6.26 Å². The summed E-state index contributed by atoms with van der Waals surface area (Å²) in [5, 5.41) is 3.03. The van der Waals surface area contributed by atoms with Gasteiger partial charge in [0.05, 0.1) is 18.6 Å². The summed E-state index contributed by atoms with van der Waals surface area (Å²) in [6.45, 7) is 4.37. The molecule has 0 unspecified atom stereocenters. The smallest absolute Gasteiger partial charge is 0.287 e. The minimum absolute atomic E-state index is 0.0184. The van der Waals surface area contributed by atoms with Crippen molar-refractivity contribution in [3.8, 4) is 0 Å². The van der Waals surface area contributed by atoms with Crippen LogP contribution in [0, 0.1) is 5.41 Å². The van der Waals surface area contributed by atoms with Crippen molar-refractivity contribution in [2.45, 2.75) is 32.7 Å². The van der Waals surface area contributed by atoms with E-state index in [-0.39, 0.29) is 17.4 Å². The summed E-state index contributed by atoms with van der Waals surface area (Å²) in [5.41, 5.74) is 1.20. The van der Waals surface area contributed by atoms with E-state index in [0.29, 0.717) is 5.76 Å². The topological polar surface area (TPSA) is 55.4 Å². The van der Waals surface area contributed by atoms with E-state index in [1.807, 2.05) is 6.07 Å². The Morgan fingerprint density at radius 3 is 2.89 bits per heavy atom. The van der Waals surface area contributed by atoms with Crippen molar-refractivity contribution in [3.63, 3.8) is 0 Å². The SMILES string of the molecule is CC1(C)Cc2occc2[C@H](NC(=O)c2ccco2)C1. The summed E-state index contributed by atoms with van der Waals surface area (Å²) in [6, 6.07) is 5.30. The number of hydrogen-bond donors (Lipinski definition) is 1. The van der Waals surface area contributed by atoms with Crippen molar-refractivity contribution in [3.05, 3.63) is 47.8 Å². The van der Waals surface area contributed by atoms with Gasteiger partial charge in [-0.3, -0.25) is 4.79 Å². The monoisotopic (exact) mass is 259 g/mol. The number of fused-ring (bicyclic) bond motifs is 1. The van der Waals surface area contributed by atoms with Crippen LogP contribution in [0.5, 0.6) is 0 Å². The fraction of sp³-hybridized carbons (Fsp3) is 0.400. The van der Waals surface area contributed by atoms with Gasteiger partial charge in [0.15, 0.2) is 5.76 Å². The molecule has 0 saturated carbocycles. The number of furan rings is 2. The number of nitrogens with one attached hydrogen (secondary N) is 1. The maximum atomic E-state index is 12.1. The Morgan fingerprint density at radius 1 is 1.32 bits per heavy atom. The predicted molar refractivity (Wildman–Crippen MR) is 69.7 cm³/mol. The molecule has 0 spiro atoms. The standard InChI is InChI=1S/C15H17NO3/c1-15(2)8-11(10-5-7-19-13(10)9-15)16-14(17)12-4-3-6-18-12/h3-7,11H,8-9H2,1-2H3,(H,16,17)/t11-/m1/s1. The van der Waals surface area contributed by atoms with E-state index < -0.39 is 0 Å². The Kier molecular flexibility index (Phi) is 2.73. The van der Waals surface area contributed by atoms with Gasteiger partial charge in [-0.05, 0) is 30.0 Å². The maximum absolute atomic E-state index is 12.1. The van der Waals surface area contributed by atoms with Gasteiger partial charge in [0.2, 0.25) is 0 Å². The second-order valence-corrected chi connectivity index (χ2v) is 5.85. The number of carbonyl (C=O) groups is 1. The summed E-state index contributed by atoms with van der Waals surface area (Å²) >= 11 is 0. The molecular weight excluding hydrogens is 242 g/mol. The number of amides is 1. The average Bonchev–Trinajstić information content (AvgIpc) is 2.96. The first kappa shape index (κ1) is 12.1. The van der Waals surface area contributed by atoms with Crippen LogP contribution in [0.3, 0.4) is 0 Å². The van der Waals surface area contributed by atoms with Crippen LogP contribution in [0.25, 0.3) is 0 Å². The van der Waals surface area contributed by atoms with Gasteiger partial charge in [-0.2, -0.15) is 0 Å². The normalized spacial score (nSPS) is 20.8. The first-order valence-corrected chi connectivity index (χ1v) is 6.46. The zero-order valence-electron chi connectivity index (χ0n) is 11.1. The molecule has 4 heteroatoms. The van der Waals surface area contributed by atoms with Crippen molar-refractivity contribution >= 4 is 5.91 Å². The van der Waals surface area contributed by atoms with Crippen LogP contribution in [0.2, 0.25) is 0 Å². The summed E-state index contributed by atoms with van der Waals surface area (Å²) in [7, 11) is 0. The highest BCUT2D eigenvalue weighted by atomic mass is 16.3. The molecule has 2 aromatic heterocycles. The van der Waals surface area contributed by atoms with E-state index in [1.54, 1.807) is 18.4 Å². The van der Waals surface area contributed by atoms with E-state index >= 15 is 0 Å². The molecule has 0 bridgehead atoms. The Bertz CT molecular complexity index is 580. The van der Waals surface area contributed by atoms with E-state index in [4.69, 9.17) is 8.83 Å². The third-order valence-electron chi connectivity index (χ3n) is 3.60. The van der Waals surface area contributed by atoms with Crippen LogP contribution < -0.4 is 5.32 Å². The van der Waals surface area contributed by atoms with Crippen molar-refractivity contribution in [1.82, 2.24) is 5.32 Å². The van der Waals surface area contributed by atoms with Gasteiger partial charge >= 0.3 is 0 Å². The lowest BCUT2D eigenvalue weighted by molar-refractivity contribution is 0.0889. The lowest BCUT2D eigenvalue weighted by Crippen LogP contribution is -2.35. The highest BCUT2D eigenvalue weighted by molar-refractivity contribution is 5.91. The van der Waals surface area contributed by atoms with Gasteiger partial charge in [0.25, 0.3) is 5.91 Å². The zero-order valence-corrected chi connectivity index (χ0v) is 11.1. The van der Waals surface area contributed by atoms with Crippen LogP contribution in [-0.4, -0.2) is 5.91 Å². The Labute approximate surface area is 111 Å². The van der Waals surface area contributed by atoms with Crippen LogP contribution in [0.4, 0.5) is 0 Å². The summed E-state index contributed by atoms with van der Waals surface area (Å²) < 4.78 is 10.6. The highest BCUT2D eigenvalue weighted by Crippen LogP contribution is 2.41. The number of carbonyl (C=O) groups excluding carboxylic acids is 1. The molecule has 19 heavy (non-hydrogen) atoms. The Hall–Kier alpha value is -1.97. The molecule has 100 valence electrons. The average molecular weight is 259 g/mol. The molecule has 3 rings (SSSR count). The molecule has 1 aliphatic carbocycles. The lowest BCUT2D eigenvalue weighted by atomic mass is 9.75. The number of rotatable bonds is 2. The Balaban J connectivity index is 1.84. The van der Waals surface area contributed by atoms with Gasteiger partial charge in [-0.15, -0.1) is 0 Å². The van der Waals surface area contributed by atoms with Crippen LogP contribution >= 0.6 is 0 Å². The van der Waals surface area contributed by atoms with Gasteiger partial charge in [0.1, 0.15) is 5.76 Å². The van der Waals surface area contributed by atoms with E-state index in [2.05, 4.69) is 19.2 Å². The summed E-state index contributed by atoms with van der Waals surface area (Å²) in [4.78, 5) is 12.1. The zero-order chi connectivity index (χ0) is 13.5. The first-order chi connectivity index (χ1) is 9.05. The Morgan fingerprint density at radius 2 is 2.16 bits per heavy atom. The van der Waals surface area contributed by atoms with Gasteiger partial charge in [-0.1, -0.05) is 13.8 Å². The minimum Gasteiger partial charge on any atom is -0.469 e. The van der Waals surface area contributed by atoms with Crippen LogP contribution in [-0.2, 0) is 6.42 Å². The molecule has 1 atom stereocenters. The second kappa shape index (κ2) is 4.30. The third kappa shape index (κ3) is 2.30.